The minimum absolute atomic E-state index is 0.420. The first-order valence-corrected chi connectivity index (χ1v) is 7.46. The van der Waals surface area contributed by atoms with Crippen molar-refractivity contribution >= 4 is 23.0 Å². The van der Waals surface area contributed by atoms with Gasteiger partial charge in [0.25, 0.3) is 0 Å². The topological polar surface area (TPSA) is 51.4 Å². The summed E-state index contributed by atoms with van der Waals surface area (Å²) in [6.45, 7) is 6.73. The molecule has 2 rings (SSSR count). The fraction of sp³-hybridized carbons (Fsp3) is 0.600. The van der Waals surface area contributed by atoms with Crippen LogP contribution in [0.1, 0.15) is 29.7 Å². The lowest BCUT2D eigenvalue weighted by molar-refractivity contribution is 0.0685. The minimum Gasteiger partial charge on any atom is -0.389 e. The summed E-state index contributed by atoms with van der Waals surface area (Å²) in [4.78, 5) is 7.25. The third-order valence-electron chi connectivity index (χ3n) is 3.81. The molecule has 1 aliphatic heterocycles. The van der Waals surface area contributed by atoms with Crippen LogP contribution in [0.15, 0.2) is 6.07 Å². The second-order valence-corrected chi connectivity index (χ2v) is 6.02. The minimum atomic E-state index is 0.420. The Kier molecular flexibility index (Phi) is 4.94. The molecule has 1 fully saturated rings. The summed E-state index contributed by atoms with van der Waals surface area (Å²) in [6.07, 6.45) is 2.22. The quantitative estimate of drug-likeness (QED) is 0.863. The Morgan fingerprint density at radius 2 is 2.10 bits per heavy atom. The Bertz CT molecular complexity index is 498. The molecule has 110 valence electrons. The van der Waals surface area contributed by atoms with Crippen LogP contribution in [-0.2, 0) is 4.74 Å². The lowest BCUT2D eigenvalue weighted by Crippen LogP contribution is -2.32. The largest absolute Gasteiger partial charge is 0.389 e. The first kappa shape index (κ1) is 15.2. The molecule has 2 heterocycles. The molecule has 1 saturated heterocycles. The summed E-state index contributed by atoms with van der Waals surface area (Å²) in [5.41, 5.74) is 8.88. The highest BCUT2D eigenvalue weighted by atomic mass is 32.1. The van der Waals surface area contributed by atoms with E-state index in [0.29, 0.717) is 10.9 Å². The van der Waals surface area contributed by atoms with Crippen LogP contribution in [0.2, 0.25) is 0 Å². The zero-order valence-corrected chi connectivity index (χ0v) is 13.3. The molecule has 20 heavy (non-hydrogen) atoms. The normalized spacial score (nSPS) is 16.1. The Morgan fingerprint density at radius 1 is 1.45 bits per heavy atom. The van der Waals surface area contributed by atoms with Gasteiger partial charge in [0.05, 0.1) is 5.56 Å². The highest BCUT2D eigenvalue weighted by Gasteiger charge is 2.20. The number of rotatable bonds is 4. The van der Waals surface area contributed by atoms with Crippen molar-refractivity contribution in [3.05, 3.63) is 22.9 Å². The van der Waals surface area contributed by atoms with Gasteiger partial charge in [0, 0.05) is 32.5 Å². The van der Waals surface area contributed by atoms with Gasteiger partial charge in [0.1, 0.15) is 10.8 Å². The van der Waals surface area contributed by atoms with Crippen LogP contribution in [0.5, 0.6) is 0 Å². The van der Waals surface area contributed by atoms with Crippen LogP contribution < -0.4 is 10.6 Å². The molecule has 1 aromatic heterocycles. The fourth-order valence-corrected chi connectivity index (χ4v) is 3.05. The van der Waals surface area contributed by atoms with Crippen molar-refractivity contribution in [3.63, 3.8) is 0 Å². The Labute approximate surface area is 126 Å². The molecule has 0 atom stereocenters. The lowest BCUT2D eigenvalue weighted by atomic mass is 9.99. The monoisotopic (exact) mass is 293 g/mol. The van der Waals surface area contributed by atoms with E-state index in [1.165, 1.54) is 0 Å². The average molecular weight is 293 g/mol. The molecular formula is C15H23N3OS. The Hall–Kier alpha value is -1.20. The second kappa shape index (κ2) is 6.50. The third kappa shape index (κ3) is 3.46. The van der Waals surface area contributed by atoms with Crippen molar-refractivity contribution in [1.82, 2.24) is 4.98 Å². The van der Waals surface area contributed by atoms with E-state index >= 15 is 0 Å². The van der Waals surface area contributed by atoms with Crippen LogP contribution in [-0.4, -0.2) is 36.8 Å². The van der Waals surface area contributed by atoms with Gasteiger partial charge >= 0.3 is 0 Å². The highest BCUT2D eigenvalue weighted by molar-refractivity contribution is 7.80. The Balaban J connectivity index is 2.23. The SMILES string of the molecule is Cc1cc(C)c(C(N)=S)c(N(C)CC2CCOCC2)n1. The van der Waals surface area contributed by atoms with Gasteiger partial charge in [-0.05, 0) is 44.2 Å². The van der Waals surface area contributed by atoms with Gasteiger partial charge in [-0.15, -0.1) is 0 Å². The molecule has 1 aliphatic rings. The van der Waals surface area contributed by atoms with E-state index in [4.69, 9.17) is 22.7 Å². The van der Waals surface area contributed by atoms with Crippen molar-refractivity contribution in [2.24, 2.45) is 11.7 Å². The van der Waals surface area contributed by atoms with Crippen molar-refractivity contribution in [2.45, 2.75) is 26.7 Å². The second-order valence-electron chi connectivity index (χ2n) is 5.58. The average Bonchev–Trinajstić information content (AvgIpc) is 2.38. The van der Waals surface area contributed by atoms with E-state index in [0.717, 1.165) is 55.2 Å². The predicted molar refractivity (Wildman–Crippen MR) is 86.4 cm³/mol. The lowest BCUT2D eigenvalue weighted by Gasteiger charge is -2.29. The number of nitrogens with zero attached hydrogens (tertiary/aromatic N) is 2. The van der Waals surface area contributed by atoms with E-state index in [2.05, 4.69) is 16.9 Å². The van der Waals surface area contributed by atoms with Crippen LogP contribution in [0, 0.1) is 19.8 Å². The molecule has 0 amide bonds. The van der Waals surface area contributed by atoms with E-state index in [-0.39, 0.29) is 0 Å². The first-order chi connectivity index (χ1) is 9.49. The van der Waals surface area contributed by atoms with Crippen molar-refractivity contribution in [1.29, 1.82) is 0 Å². The van der Waals surface area contributed by atoms with E-state index in [1.807, 2.05) is 19.9 Å². The number of thiocarbonyl (C=S) groups is 1. The first-order valence-electron chi connectivity index (χ1n) is 7.06. The molecule has 0 bridgehead atoms. The van der Waals surface area contributed by atoms with Crippen molar-refractivity contribution in [2.75, 3.05) is 31.7 Å². The predicted octanol–water partition coefficient (Wildman–Crippen LogP) is 2.20. The zero-order chi connectivity index (χ0) is 14.7. The van der Waals surface area contributed by atoms with Crippen LogP contribution in [0.4, 0.5) is 5.82 Å². The van der Waals surface area contributed by atoms with E-state index < -0.39 is 0 Å². The number of aryl methyl sites for hydroxylation is 2. The van der Waals surface area contributed by atoms with Gasteiger partial charge in [-0.2, -0.15) is 0 Å². The molecule has 0 unspecified atom stereocenters. The maximum Gasteiger partial charge on any atom is 0.139 e. The van der Waals surface area contributed by atoms with Crippen LogP contribution in [0.25, 0.3) is 0 Å². The highest BCUT2D eigenvalue weighted by Crippen LogP contribution is 2.24. The molecule has 5 heteroatoms. The maximum atomic E-state index is 5.88. The third-order valence-corrected chi connectivity index (χ3v) is 4.01. The van der Waals surface area contributed by atoms with Gasteiger partial charge in [-0.25, -0.2) is 4.98 Å². The van der Waals surface area contributed by atoms with Gasteiger partial charge in [-0.3, -0.25) is 0 Å². The fourth-order valence-electron chi connectivity index (χ4n) is 2.80. The molecule has 0 aromatic carbocycles. The van der Waals surface area contributed by atoms with E-state index in [1.54, 1.807) is 0 Å². The number of pyridine rings is 1. The molecule has 2 N–H and O–H groups in total. The number of ether oxygens (including phenoxy) is 1. The number of hydrogen-bond donors (Lipinski definition) is 1. The molecule has 1 aromatic rings. The Morgan fingerprint density at radius 3 is 2.70 bits per heavy atom. The summed E-state index contributed by atoms with van der Waals surface area (Å²) in [5, 5.41) is 0. The maximum absolute atomic E-state index is 5.88. The zero-order valence-electron chi connectivity index (χ0n) is 12.5. The number of hydrogen-bond acceptors (Lipinski definition) is 4. The van der Waals surface area contributed by atoms with Gasteiger partial charge < -0.3 is 15.4 Å². The van der Waals surface area contributed by atoms with Gasteiger partial charge in [0.2, 0.25) is 0 Å². The van der Waals surface area contributed by atoms with Crippen LogP contribution in [0.3, 0.4) is 0 Å². The number of anilines is 1. The summed E-state index contributed by atoms with van der Waals surface area (Å²) < 4.78 is 5.41. The molecular weight excluding hydrogens is 270 g/mol. The molecule has 0 saturated carbocycles. The van der Waals surface area contributed by atoms with Crippen LogP contribution >= 0.6 is 12.2 Å². The smallest absolute Gasteiger partial charge is 0.139 e. The molecule has 4 nitrogen and oxygen atoms in total. The van der Waals surface area contributed by atoms with Gasteiger partial charge in [-0.1, -0.05) is 12.2 Å². The van der Waals surface area contributed by atoms with E-state index in [9.17, 15) is 0 Å². The number of nitrogens with two attached hydrogens (primary N) is 1. The summed E-state index contributed by atoms with van der Waals surface area (Å²) in [5.74, 6) is 1.55. The van der Waals surface area contributed by atoms with Crippen molar-refractivity contribution in [3.8, 4) is 0 Å². The standard InChI is InChI=1S/C15H23N3OS/c1-10-8-11(2)17-15(13(10)14(16)20)18(3)9-12-4-6-19-7-5-12/h8,12H,4-7,9H2,1-3H3,(H2,16,20). The molecule has 0 aliphatic carbocycles. The number of aromatic nitrogens is 1. The summed E-state index contributed by atoms with van der Waals surface area (Å²) >= 11 is 5.20. The molecule has 0 spiro atoms. The molecule has 0 radical (unpaired) electrons. The summed E-state index contributed by atoms with van der Waals surface area (Å²) in [7, 11) is 2.07. The van der Waals surface area contributed by atoms with Crippen molar-refractivity contribution < 1.29 is 4.74 Å². The van der Waals surface area contributed by atoms with Gasteiger partial charge in [0.15, 0.2) is 0 Å². The summed E-state index contributed by atoms with van der Waals surface area (Å²) in [6, 6.07) is 2.03.